The van der Waals surface area contributed by atoms with Crippen LogP contribution in [0.5, 0.6) is 0 Å². The number of alkyl halides is 1. The minimum absolute atomic E-state index is 0.107. The molecule has 0 saturated heterocycles. The highest BCUT2D eigenvalue weighted by Gasteiger charge is 2.21. The Morgan fingerprint density at radius 3 is 2.59 bits per heavy atom. The second-order valence-corrected chi connectivity index (χ2v) is 5.35. The summed E-state index contributed by atoms with van der Waals surface area (Å²) in [5.41, 5.74) is 0.990. The Morgan fingerprint density at radius 1 is 1.29 bits per heavy atom. The molecule has 2 aromatic rings. The van der Waals surface area contributed by atoms with E-state index < -0.39 is 17.0 Å². The van der Waals surface area contributed by atoms with Crippen LogP contribution in [0, 0.1) is 18.6 Å². The largest absolute Gasteiger partial charge is 0.207 e. The molecule has 0 aliphatic heterocycles. The molecule has 17 heavy (non-hydrogen) atoms. The van der Waals surface area contributed by atoms with Crippen molar-refractivity contribution >= 4 is 34.5 Å². The first-order valence-corrected chi connectivity index (χ1v) is 6.52. The van der Waals surface area contributed by atoms with Gasteiger partial charge in [0.1, 0.15) is 11.6 Å². The van der Waals surface area contributed by atoms with Crippen LogP contribution in [0.2, 0.25) is 5.02 Å². The molecule has 1 atom stereocenters. The average molecular weight is 293 g/mol. The van der Waals surface area contributed by atoms with Gasteiger partial charge in [0.2, 0.25) is 0 Å². The van der Waals surface area contributed by atoms with E-state index in [1.54, 1.807) is 0 Å². The Labute approximate surface area is 112 Å². The van der Waals surface area contributed by atoms with Gasteiger partial charge in [0.15, 0.2) is 0 Å². The third-order valence-electron chi connectivity index (χ3n) is 2.39. The Balaban J connectivity index is 2.47. The van der Waals surface area contributed by atoms with E-state index in [-0.39, 0.29) is 5.56 Å². The number of hydrogen-bond donors (Lipinski definition) is 0. The predicted molar refractivity (Wildman–Crippen MR) is 68.1 cm³/mol. The van der Waals surface area contributed by atoms with E-state index in [0.717, 1.165) is 23.8 Å². The lowest BCUT2D eigenvalue weighted by molar-refractivity contribution is 0.587. The van der Waals surface area contributed by atoms with Crippen LogP contribution in [0.1, 0.15) is 21.4 Å². The zero-order chi connectivity index (χ0) is 12.6. The molecule has 1 aromatic carbocycles. The molecule has 2 rings (SSSR count). The normalized spacial score (nSPS) is 12.8. The summed E-state index contributed by atoms with van der Waals surface area (Å²) in [4.78, 5) is 0.635. The molecule has 5 heteroatoms. The van der Waals surface area contributed by atoms with Gasteiger partial charge in [0.25, 0.3) is 0 Å². The van der Waals surface area contributed by atoms with E-state index in [2.05, 4.69) is 0 Å². The first-order chi connectivity index (χ1) is 8.00. The monoisotopic (exact) mass is 292 g/mol. The van der Waals surface area contributed by atoms with Crippen LogP contribution < -0.4 is 0 Å². The lowest BCUT2D eigenvalue weighted by Gasteiger charge is -2.10. The minimum atomic E-state index is -0.767. The van der Waals surface area contributed by atoms with Crippen molar-refractivity contribution in [3.8, 4) is 0 Å². The van der Waals surface area contributed by atoms with E-state index >= 15 is 0 Å². The summed E-state index contributed by atoms with van der Waals surface area (Å²) in [6.45, 7) is 1.84. The summed E-state index contributed by atoms with van der Waals surface area (Å²) in [5, 5.41) is 1.58. The van der Waals surface area contributed by atoms with E-state index in [4.69, 9.17) is 23.2 Å². The van der Waals surface area contributed by atoms with Gasteiger partial charge >= 0.3 is 0 Å². The highest BCUT2D eigenvalue weighted by molar-refractivity contribution is 7.11. The predicted octanol–water partition coefficient (Wildman–Crippen LogP) is 5.32. The van der Waals surface area contributed by atoms with Crippen LogP contribution in [0.3, 0.4) is 0 Å². The van der Waals surface area contributed by atoms with Gasteiger partial charge in [0, 0.05) is 10.4 Å². The molecule has 0 amide bonds. The van der Waals surface area contributed by atoms with Crippen molar-refractivity contribution in [3.05, 3.63) is 56.2 Å². The van der Waals surface area contributed by atoms with Gasteiger partial charge in [-0.3, -0.25) is 0 Å². The van der Waals surface area contributed by atoms with E-state index in [1.165, 1.54) is 11.3 Å². The number of halogens is 4. The third-order valence-corrected chi connectivity index (χ3v) is 4.75. The summed E-state index contributed by atoms with van der Waals surface area (Å²) < 4.78 is 26.6. The first kappa shape index (κ1) is 12.8. The van der Waals surface area contributed by atoms with Crippen molar-refractivity contribution < 1.29 is 8.78 Å². The lowest BCUT2D eigenvalue weighted by atomic mass is 10.1. The maximum Gasteiger partial charge on any atom is 0.128 e. The maximum atomic E-state index is 13.6. The van der Waals surface area contributed by atoms with Gasteiger partial charge in [0.05, 0.1) is 10.4 Å². The quantitative estimate of drug-likeness (QED) is 0.658. The summed E-state index contributed by atoms with van der Waals surface area (Å²) in [5.74, 6) is -1.05. The molecular weight excluding hydrogens is 285 g/mol. The van der Waals surface area contributed by atoms with Crippen LogP contribution >= 0.6 is 34.5 Å². The van der Waals surface area contributed by atoms with E-state index in [1.807, 2.05) is 12.3 Å². The van der Waals surface area contributed by atoms with Crippen molar-refractivity contribution in [2.75, 3.05) is 0 Å². The molecule has 0 bridgehead atoms. The van der Waals surface area contributed by atoms with Gasteiger partial charge in [-0.25, -0.2) is 8.78 Å². The molecule has 90 valence electrons. The van der Waals surface area contributed by atoms with Crippen molar-refractivity contribution in [2.24, 2.45) is 0 Å². The molecule has 0 radical (unpaired) electrons. The van der Waals surface area contributed by atoms with Crippen LogP contribution in [0.4, 0.5) is 8.78 Å². The standard InChI is InChI=1S/C12H8Cl2F2S/c1-6-5-17-12(10(6)13)11(14)8-4-7(15)2-3-9(8)16/h2-5,11H,1H3. The number of hydrogen-bond acceptors (Lipinski definition) is 1. The van der Waals surface area contributed by atoms with Crippen molar-refractivity contribution in [3.63, 3.8) is 0 Å². The molecule has 0 fully saturated rings. The molecule has 1 heterocycles. The fourth-order valence-corrected chi connectivity index (χ4v) is 3.25. The van der Waals surface area contributed by atoms with Gasteiger partial charge < -0.3 is 0 Å². The fourth-order valence-electron chi connectivity index (χ4n) is 1.47. The molecular formula is C12H8Cl2F2S. The van der Waals surface area contributed by atoms with Crippen LogP contribution in [0.15, 0.2) is 23.6 Å². The molecule has 0 N–H and O–H groups in total. The minimum Gasteiger partial charge on any atom is -0.207 e. The summed E-state index contributed by atoms with van der Waals surface area (Å²) in [7, 11) is 0. The molecule has 0 spiro atoms. The van der Waals surface area contributed by atoms with Crippen LogP contribution in [-0.2, 0) is 0 Å². The summed E-state index contributed by atoms with van der Waals surface area (Å²) >= 11 is 13.5. The van der Waals surface area contributed by atoms with Crippen molar-refractivity contribution in [2.45, 2.75) is 12.3 Å². The van der Waals surface area contributed by atoms with E-state index in [9.17, 15) is 8.78 Å². The molecule has 1 unspecified atom stereocenters. The SMILES string of the molecule is Cc1csc(C(Cl)c2cc(F)ccc2F)c1Cl. The van der Waals surface area contributed by atoms with Gasteiger partial charge in [-0.05, 0) is 36.1 Å². The fraction of sp³-hybridized carbons (Fsp3) is 0.167. The van der Waals surface area contributed by atoms with Crippen LogP contribution in [0.25, 0.3) is 0 Å². The highest BCUT2D eigenvalue weighted by Crippen LogP contribution is 2.40. The Morgan fingerprint density at radius 2 is 2.00 bits per heavy atom. The molecule has 0 saturated carbocycles. The highest BCUT2D eigenvalue weighted by atomic mass is 35.5. The number of thiophene rings is 1. The zero-order valence-corrected chi connectivity index (χ0v) is 11.1. The van der Waals surface area contributed by atoms with Crippen molar-refractivity contribution in [1.29, 1.82) is 0 Å². The molecule has 0 nitrogen and oxygen atoms in total. The summed E-state index contributed by atoms with van der Waals surface area (Å²) in [6.07, 6.45) is 0. The van der Waals surface area contributed by atoms with E-state index in [0.29, 0.717) is 9.90 Å². The Hall–Kier alpha value is -0.640. The molecule has 0 aliphatic rings. The zero-order valence-electron chi connectivity index (χ0n) is 8.81. The first-order valence-electron chi connectivity index (χ1n) is 4.83. The second-order valence-electron chi connectivity index (χ2n) is 3.63. The second kappa shape index (κ2) is 4.92. The number of benzene rings is 1. The lowest BCUT2D eigenvalue weighted by Crippen LogP contribution is -1.96. The molecule has 0 aliphatic carbocycles. The van der Waals surface area contributed by atoms with Gasteiger partial charge in [-0.15, -0.1) is 22.9 Å². The van der Waals surface area contributed by atoms with Gasteiger partial charge in [-0.2, -0.15) is 0 Å². The Bertz CT molecular complexity index is 551. The molecule has 1 aromatic heterocycles. The number of aryl methyl sites for hydroxylation is 1. The van der Waals surface area contributed by atoms with Crippen LogP contribution in [-0.4, -0.2) is 0 Å². The summed E-state index contributed by atoms with van der Waals surface area (Å²) in [6, 6.07) is 3.22. The third kappa shape index (κ3) is 2.46. The Kier molecular flexibility index (Phi) is 3.71. The van der Waals surface area contributed by atoms with Crippen molar-refractivity contribution in [1.82, 2.24) is 0 Å². The maximum absolute atomic E-state index is 13.6. The van der Waals surface area contributed by atoms with Gasteiger partial charge in [-0.1, -0.05) is 11.6 Å². The number of rotatable bonds is 2. The topological polar surface area (TPSA) is 0 Å². The smallest absolute Gasteiger partial charge is 0.128 e. The average Bonchev–Trinajstić information content (AvgIpc) is 2.62.